The van der Waals surface area contributed by atoms with Gasteiger partial charge in [-0.05, 0) is 54.9 Å². The molecule has 0 aliphatic carbocycles. The average Bonchev–Trinajstić information content (AvgIpc) is 3.41. The molecule has 2 aromatic carbocycles. The van der Waals surface area contributed by atoms with Gasteiger partial charge in [-0.2, -0.15) is 0 Å². The second-order valence-electron chi connectivity index (χ2n) is 8.96. The van der Waals surface area contributed by atoms with E-state index < -0.39 is 0 Å². The number of fused-ring (bicyclic) bond motifs is 5. The molecular weight excluding hydrogens is 464 g/mol. The zero-order chi connectivity index (χ0) is 23.2. The number of nitrogens with zero attached hydrogens (tertiary/aromatic N) is 3. The van der Waals surface area contributed by atoms with E-state index in [9.17, 15) is 4.79 Å². The lowest BCUT2D eigenvalue weighted by Crippen LogP contribution is -2.38. The Kier molecular flexibility index (Phi) is 5.44. The van der Waals surface area contributed by atoms with Crippen LogP contribution in [0.1, 0.15) is 33.3 Å². The number of halogens is 1. The van der Waals surface area contributed by atoms with Crippen molar-refractivity contribution in [2.45, 2.75) is 25.6 Å². The van der Waals surface area contributed by atoms with Crippen LogP contribution in [0, 0.1) is 0 Å². The minimum Gasteiger partial charge on any atom is -0.310 e. The van der Waals surface area contributed by atoms with Crippen molar-refractivity contribution in [3.05, 3.63) is 105 Å². The Morgan fingerprint density at radius 2 is 1.88 bits per heavy atom. The van der Waals surface area contributed by atoms with E-state index in [1.807, 2.05) is 52.6 Å². The Morgan fingerprint density at radius 1 is 1.03 bits per heavy atom. The summed E-state index contributed by atoms with van der Waals surface area (Å²) in [5, 5.41) is 4.93. The molecule has 0 radical (unpaired) electrons. The monoisotopic (exact) mass is 488 g/mol. The molecule has 4 heterocycles. The first-order valence-electron chi connectivity index (χ1n) is 11.5. The lowest BCUT2D eigenvalue weighted by atomic mass is 10.0. The Bertz CT molecular complexity index is 1360. The third-order valence-electron chi connectivity index (χ3n) is 6.71. The summed E-state index contributed by atoms with van der Waals surface area (Å²) in [6.45, 7) is 2.55. The van der Waals surface area contributed by atoms with Crippen molar-refractivity contribution in [1.82, 2.24) is 14.4 Å². The van der Waals surface area contributed by atoms with E-state index in [1.165, 1.54) is 21.0 Å². The molecule has 34 heavy (non-hydrogen) atoms. The van der Waals surface area contributed by atoms with Gasteiger partial charge in [0, 0.05) is 40.4 Å². The number of rotatable bonds is 2. The number of aromatic nitrogens is 1. The first-order chi connectivity index (χ1) is 16.6. The van der Waals surface area contributed by atoms with Gasteiger partial charge in [0.25, 0.3) is 0 Å². The summed E-state index contributed by atoms with van der Waals surface area (Å²) in [7, 11) is 2.17. The predicted octanol–water partition coefficient (Wildman–Crippen LogP) is 6.32. The van der Waals surface area contributed by atoms with Crippen LogP contribution >= 0.6 is 22.9 Å². The number of likely N-dealkylation sites (N-methyl/N-ethyl adjacent to an activating group) is 1. The predicted molar refractivity (Wildman–Crippen MR) is 138 cm³/mol. The standard InChI is InChI=1S/C27H25ClN4OS/c1-30-14-12-21-22-16-32(27(33)29-20-10-5-9-19(28)15-20)25(18-7-3-2-4-8-18)23-11-6-13-31(23)26(22)34-24(21)17-30/h2-11,13,15,25H,12,14,16-17H2,1H3,(H,29,33). The van der Waals surface area contributed by atoms with Crippen LogP contribution in [-0.4, -0.2) is 34.0 Å². The number of anilines is 1. The molecule has 1 unspecified atom stereocenters. The van der Waals surface area contributed by atoms with E-state index in [0.29, 0.717) is 17.3 Å². The molecule has 2 aliphatic heterocycles. The highest BCUT2D eigenvalue weighted by Crippen LogP contribution is 2.43. The molecular formula is C27H25ClN4OS. The topological polar surface area (TPSA) is 40.5 Å². The summed E-state index contributed by atoms with van der Waals surface area (Å²) in [5.41, 5.74) is 5.56. The van der Waals surface area contributed by atoms with Crippen molar-refractivity contribution in [2.24, 2.45) is 0 Å². The second kappa shape index (κ2) is 8.62. The van der Waals surface area contributed by atoms with Gasteiger partial charge in [-0.15, -0.1) is 11.3 Å². The van der Waals surface area contributed by atoms with E-state index >= 15 is 0 Å². The van der Waals surface area contributed by atoms with Crippen molar-refractivity contribution >= 4 is 34.7 Å². The number of nitrogens with one attached hydrogen (secondary N) is 1. The molecule has 0 fully saturated rings. The van der Waals surface area contributed by atoms with Gasteiger partial charge in [-0.3, -0.25) is 0 Å². The Hall–Kier alpha value is -3.06. The van der Waals surface area contributed by atoms with Crippen LogP contribution in [-0.2, 0) is 19.5 Å². The summed E-state index contributed by atoms with van der Waals surface area (Å²) in [5.74, 6) is 0. The molecule has 4 aromatic rings. The van der Waals surface area contributed by atoms with Crippen LogP contribution in [0.5, 0.6) is 0 Å². The molecule has 7 heteroatoms. The lowest BCUT2D eigenvalue weighted by molar-refractivity contribution is 0.194. The molecule has 1 atom stereocenters. The molecule has 0 saturated carbocycles. The van der Waals surface area contributed by atoms with Crippen LogP contribution in [0.25, 0.3) is 5.00 Å². The molecule has 172 valence electrons. The number of hydrogen-bond acceptors (Lipinski definition) is 3. The molecule has 0 spiro atoms. The van der Waals surface area contributed by atoms with Crippen LogP contribution in [0.2, 0.25) is 5.02 Å². The quantitative estimate of drug-likeness (QED) is 0.359. The maximum atomic E-state index is 13.9. The van der Waals surface area contributed by atoms with Gasteiger partial charge < -0.3 is 19.7 Å². The van der Waals surface area contributed by atoms with Gasteiger partial charge >= 0.3 is 6.03 Å². The summed E-state index contributed by atoms with van der Waals surface area (Å²) in [6, 6.07) is 21.5. The highest BCUT2D eigenvalue weighted by Gasteiger charge is 2.36. The van der Waals surface area contributed by atoms with Gasteiger partial charge in [0.15, 0.2) is 0 Å². The summed E-state index contributed by atoms with van der Waals surface area (Å²) >= 11 is 8.05. The van der Waals surface area contributed by atoms with E-state index in [4.69, 9.17) is 11.6 Å². The third kappa shape index (κ3) is 3.72. The molecule has 5 nitrogen and oxygen atoms in total. The fourth-order valence-electron chi connectivity index (χ4n) is 5.10. The number of hydrogen-bond donors (Lipinski definition) is 1. The zero-order valence-electron chi connectivity index (χ0n) is 18.9. The molecule has 2 amide bonds. The normalized spacial score (nSPS) is 17.5. The van der Waals surface area contributed by atoms with Crippen molar-refractivity contribution in [3.63, 3.8) is 0 Å². The summed E-state index contributed by atoms with van der Waals surface area (Å²) in [4.78, 5) is 19.6. The van der Waals surface area contributed by atoms with Gasteiger partial charge in [-0.1, -0.05) is 48.0 Å². The third-order valence-corrected chi connectivity index (χ3v) is 8.20. The van der Waals surface area contributed by atoms with Gasteiger partial charge in [0.1, 0.15) is 5.00 Å². The van der Waals surface area contributed by atoms with Gasteiger partial charge in [0.2, 0.25) is 0 Å². The largest absolute Gasteiger partial charge is 0.322 e. The molecule has 6 rings (SSSR count). The maximum absolute atomic E-state index is 13.9. The Labute approximate surface area is 208 Å². The van der Waals surface area contributed by atoms with Crippen molar-refractivity contribution in [2.75, 3.05) is 18.9 Å². The fraction of sp³-hybridized carbons (Fsp3) is 0.222. The first kappa shape index (κ1) is 21.5. The fourth-order valence-corrected chi connectivity index (χ4v) is 6.73. The van der Waals surface area contributed by atoms with Crippen molar-refractivity contribution in [3.8, 4) is 5.00 Å². The van der Waals surface area contributed by atoms with Crippen LogP contribution < -0.4 is 5.32 Å². The van der Waals surface area contributed by atoms with E-state index in [1.54, 1.807) is 6.07 Å². The van der Waals surface area contributed by atoms with E-state index in [2.05, 4.69) is 52.3 Å². The number of amides is 2. The van der Waals surface area contributed by atoms with E-state index in [0.717, 1.165) is 30.8 Å². The van der Waals surface area contributed by atoms with E-state index in [-0.39, 0.29) is 12.1 Å². The first-order valence-corrected chi connectivity index (χ1v) is 12.7. The second-order valence-corrected chi connectivity index (χ2v) is 10.5. The molecule has 0 bridgehead atoms. The van der Waals surface area contributed by atoms with Crippen LogP contribution in [0.15, 0.2) is 72.9 Å². The highest BCUT2D eigenvalue weighted by atomic mass is 35.5. The molecule has 2 aliphatic rings. The maximum Gasteiger partial charge on any atom is 0.322 e. The zero-order valence-corrected chi connectivity index (χ0v) is 20.4. The number of carbonyl (C=O) groups excluding carboxylic acids is 1. The Morgan fingerprint density at radius 3 is 2.71 bits per heavy atom. The van der Waals surface area contributed by atoms with Gasteiger partial charge in [-0.25, -0.2) is 4.79 Å². The number of carbonyl (C=O) groups is 1. The molecule has 1 N–H and O–H groups in total. The average molecular weight is 489 g/mol. The van der Waals surface area contributed by atoms with Crippen molar-refractivity contribution < 1.29 is 4.79 Å². The summed E-state index contributed by atoms with van der Waals surface area (Å²) in [6.07, 6.45) is 3.14. The molecule has 0 saturated heterocycles. The van der Waals surface area contributed by atoms with Crippen molar-refractivity contribution in [1.29, 1.82) is 0 Å². The summed E-state index contributed by atoms with van der Waals surface area (Å²) < 4.78 is 2.29. The molecule has 2 aromatic heterocycles. The van der Waals surface area contributed by atoms with Crippen LogP contribution in [0.3, 0.4) is 0 Å². The SMILES string of the molecule is CN1CCc2c(sc3c2CN(C(=O)Nc2cccc(Cl)c2)C(c2ccccc2)c2cccn2-3)C1. The minimum atomic E-state index is -0.211. The van der Waals surface area contributed by atoms with Crippen LogP contribution in [0.4, 0.5) is 10.5 Å². The smallest absolute Gasteiger partial charge is 0.310 e. The lowest BCUT2D eigenvalue weighted by Gasteiger charge is -2.31. The van der Waals surface area contributed by atoms with Gasteiger partial charge in [0.05, 0.1) is 18.3 Å². The highest BCUT2D eigenvalue weighted by molar-refractivity contribution is 7.15. The number of benzene rings is 2. The number of thiophene rings is 1. The minimum absolute atomic E-state index is 0.135. The Balaban J connectivity index is 1.49. The number of urea groups is 1.